The fourth-order valence-electron chi connectivity index (χ4n) is 1.31. The quantitative estimate of drug-likeness (QED) is 0.667. The van der Waals surface area contributed by atoms with Crippen molar-refractivity contribution in [2.75, 3.05) is 0 Å². The van der Waals surface area contributed by atoms with Crippen molar-refractivity contribution >= 4 is 16.7 Å². The third-order valence-electron chi connectivity index (χ3n) is 2.04. The molecule has 0 unspecified atom stereocenters. The summed E-state index contributed by atoms with van der Waals surface area (Å²) in [5.41, 5.74) is 1.24. The molecule has 0 amide bonds. The molecule has 0 saturated carbocycles. The van der Waals surface area contributed by atoms with Crippen molar-refractivity contribution in [3.63, 3.8) is 0 Å². The number of Topliss-reactive ketones (excluding diaryl/α,β-unsaturated/α-hetero) is 1. The molecule has 1 aromatic heterocycles. The molecule has 0 saturated heterocycles. The van der Waals surface area contributed by atoms with Crippen LogP contribution >= 0.6 is 0 Å². The van der Waals surface area contributed by atoms with Crippen LogP contribution in [0.4, 0.5) is 4.39 Å². The van der Waals surface area contributed by atoms with Gasteiger partial charge < -0.3 is 4.98 Å². The lowest BCUT2D eigenvalue weighted by Gasteiger charge is -1.95. The molecule has 0 radical (unpaired) electrons. The van der Waals surface area contributed by atoms with E-state index in [2.05, 4.69) is 4.98 Å². The summed E-state index contributed by atoms with van der Waals surface area (Å²) in [6.07, 6.45) is 1.29. The van der Waals surface area contributed by atoms with E-state index in [1.54, 1.807) is 18.2 Å². The third-order valence-corrected chi connectivity index (χ3v) is 2.04. The minimum atomic E-state index is -0.321. The normalized spacial score (nSPS) is 10.6. The number of aromatic nitrogens is 1. The van der Waals surface area contributed by atoms with Crippen molar-refractivity contribution in [3.05, 3.63) is 35.8 Å². The van der Waals surface area contributed by atoms with E-state index in [0.29, 0.717) is 16.5 Å². The van der Waals surface area contributed by atoms with Gasteiger partial charge in [0, 0.05) is 22.7 Å². The molecular weight excluding hydrogens is 169 g/mol. The number of aromatic amines is 1. The van der Waals surface area contributed by atoms with Gasteiger partial charge in [0.05, 0.1) is 0 Å². The van der Waals surface area contributed by atoms with Crippen LogP contribution in [-0.4, -0.2) is 10.8 Å². The number of hydrogen-bond donors (Lipinski definition) is 1. The Hall–Kier alpha value is -1.64. The average Bonchev–Trinajstić information content (AvgIpc) is 2.47. The summed E-state index contributed by atoms with van der Waals surface area (Å²) in [6, 6.07) is 4.94. The van der Waals surface area contributed by atoms with E-state index in [1.807, 2.05) is 0 Å². The van der Waals surface area contributed by atoms with E-state index < -0.39 is 0 Å². The van der Waals surface area contributed by atoms with Crippen LogP contribution < -0.4 is 0 Å². The van der Waals surface area contributed by atoms with Gasteiger partial charge in [-0.05, 0) is 25.1 Å². The van der Waals surface area contributed by atoms with Crippen molar-refractivity contribution in [2.45, 2.75) is 6.92 Å². The van der Waals surface area contributed by atoms with Crippen molar-refractivity contribution < 1.29 is 9.18 Å². The summed E-state index contributed by atoms with van der Waals surface area (Å²) in [5.74, 6) is -0.374. The maximum absolute atomic E-state index is 13.0. The molecule has 66 valence electrons. The molecule has 2 nitrogen and oxygen atoms in total. The van der Waals surface area contributed by atoms with Crippen LogP contribution in [0.15, 0.2) is 24.4 Å². The number of halogens is 1. The number of hydrogen-bond acceptors (Lipinski definition) is 1. The standard InChI is InChI=1S/C10H8FNO/c1-6(13)7-2-3-10-8(4-7)9(11)5-12-10/h2-5,12H,1H3. The number of rotatable bonds is 1. The van der Waals surface area contributed by atoms with Crippen molar-refractivity contribution in [1.29, 1.82) is 0 Å². The summed E-state index contributed by atoms with van der Waals surface area (Å²) >= 11 is 0. The molecule has 0 atom stereocenters. The number of H-pyrrole nitrogens is 1. The number of carbonyl (C=O) groups is 1. The van der Waals surface area contributed by atoms with E-state index >= 15 is 0 Å². The molecule has 0 aliphatic heterocycles. The van der Waals surface area contributed by atoms with Gasteiger partial charge in [0.25, 0.3) is 0 Å². The van der Waals surface area contributed by atoms with Crippen LogP contribution in [-0.2, 0) is 0 Å². The van der Waals surface area contributed by atoms with E-state index in [0.717, 1.165) is 0 Å². The number of nitrogens with one attached hydrogen (secondary N) is 1. The second-order valence-corrected chi connectivity index (χ2v) is 2.95. The Morgan fingerprint density at radius 2 is 2.23 bits per heavy atom. The number of fused-ring (bicyclic) bond motifs is 1. The third kappa shape index (κ3) is 1.22. The zero-order valence-corrected chi connectivity index (χ0v) is 7.10. The maximum atomic E-state index is 13.0. The van der Waals surface area contributed by atoms with Crippen LogP contribution in [0.1, 0.15) is 17.3 Å². The molecule has 0 aliphatic rings. The minimum absolute atomic E-state index is 0.0532. The van der Waals surface area contributed by atoms with Crippen LogP contribution in [0.2, 0.25) is 0 Å². The van der Waals surface area contributed by atoms with E-state index in [9.17, 15) is 9.18 Å². The Balaban J connectivity index is 2.72. The molecule has 0 bridgehead atoms. The first-order chi connectivity index (χ1) is 6.18. The zero-order chi connectivity index (χ0) is 9.42. The smallest absolute Gasteiger partial charge is 0.159 e. The Morgan fingerprint density at radius 1 is 1.46 bits per heavy atom. The Kier molecular flexibility index (Phi) is 1.65. The minimum Gasteiger partial charge on any atom is -0.359 e. The molecule has 0 spiro atoms. The van der Waals surface area contributed by atoms with Gasteiger partial charge in [0.15, 0.2) is 5.78 Å². The largest absolute Gasteiger partial charge is 0.359 e. The number of ketones is 1. The topological polar surface area (TPSA) is 32.9 Å². The Morgan fingerprint density at radius 3 is 2.92 bits per heavy atom. The van der Waals surface area contributed by atoms with Crippen LogP contribution in [0, 0.1) is 5.82 Å². The lowest BCUT2D eigenvalue weighted by Crippen LogP contribution is -1.90. The molecule has 3 heteroatoms. The summed E-state index contributed by atoms with van der Waals surface area (Å²) in [4.78, 5) is 13.8. The summed E-state index contributed by atoms with van der Waals surface area (Å²) in [7, 11) is 0. The summed E-state index contributed by atoms with van der Waals surface area (Å²) in [6.45, 7) is 1.46. The SMILES string of the molecule is CC(=O)c1ccc2[nH]cc(F)c2c1. The highest BCUT2D eigenvalue weighted by atomic mass is 19.1. The van der Waals surface area contributed by atoms with Gasteiger partial charge in [0.2, 0.25) is 0 Å². The van der Waals surface area contributed by atoms with Gasteiger partial charge in [-0.15, -0.1) is 0 Å². The van der Waals surface area contributed by atoms with Gasteiger partial charge >= 0.3 is 0 Å². The lowest BCUT2D eigenvalue weighted by atomic mass is 10.1. The molecule has 13 heavy (non-hydrogen) atoms. The first-order valence-electron chi connectivity index (χ1n) is 3.96. The molecule has 1 heterocycles. The first-order valence-corrected chi connectivity index (χ1v) is 3.96. The molecule has 2 aromatic rings. The summed E-state index contributed by atoms with van der Waals surface area (Å²) < 4.78 is 13.0. The molecule has 1 aromatic carbocycles. The summed E-state index contributed by atoms with van der Waals surface area (Å²) in [5, 5.41) is 0.465. The fourth-order valence-corrected chi connectivity index (χ4v) is 1.31. The van der Waals surface area contributed by atoms with Gasteiger partial charge in [-0.25, -0.2) is 4.39 Å². The van der Waals surface area contributed by atoms with E-state index in [-0.39, 0.29) is 11.6 Å². The Bertz CT molecular complexity index is 473. The van der Waals surface area contributed by atoms with Gasteiger partial charge in [0.1, 0.15) is 5.82 Å². The number of benzene rings is 1. The van der Waals surface area contributed by atoms with Crippen LogP contribution in [0.25, 0.3) is 10.9 Å². The first kappa shape index (κ1) is 7.98. The average molecular weight is 177 g/mol. The van der Waals surface area contributed by atoms with Crippen LogP contribution in [0.5, 0.6) is 0 Å². The zero-order valence-electron chi connectivity index (χ0n) is 7.10. The van der Waals surface area contributed by atoms with E-state index in [1.165, 1.54) is 13.1 Å². The molecule has 1 N–H and O–H groups in total. The highest BCUT2D eigenvalue weighted by Crippen LogP contribution is 2.18. The molecule has 0 aliphatic carbocycles. The molecule has 2 rings (SSSR count). The second-order valence-electron chi connectivity index (χ2n) is 2.95. The van der Waals surface area contributed by atoms with Gasteiger partial charge in [-0.2, -0.15) is 0 Å². The van der Waals surface area contributed by atoms with Crippen molar-refractivity contribution in [2.24, 2.45) is 0 Å². The maximum Gasteiger partial charge on any atom is 0.159 e. The van der Waals surface area contributed by atoms with Gasteiger partial charge in [-0.3, -0.25) is 4.79 Å². The monoisotopic (exact) mass is 177 g/mol. The van der Waals surface area contributed by atoms with Gasteiger partial charge in [-0.1, -0.05) is 0 Å². The second kappa shape index (κ2) is 2.69. The number of carbonyl (C=O) groups excluding carboxylic acids is 1. The molecular formula is C10H8FNO. The fraction of sp³-hybridized carbons (Fsp3) is 0.100. The highest BCUT2D eigenvalue weighted by molar-refractivity contribution is 5.98. The highest BCUT2D eigenvalue weighted by Gasteiger charge is 2.05. The Labute approximate surface area is 74.4 Å². The van der Waals surface area contributed by atoms with Crippen LogP contribution in [0.3, 0.4) is 0 Å². The van der Waals surface area contributed by atoms with E-state index in [4.69, 9.17) is 0 Å². The predicted molar refractivity (Wildman–Crippen MR) is 48.3 cm³/mol. The van der Waals surface area contributed by atoms with Crippen molar-refractivity contribution in [3.8, 4) is 0 Å². The predicted octanol–water partition coefficient (Wildman–Crippen LogP) is 2.51. The lowest BCUT2D eigenvalue weighted by molar-refractivity contribution is 0.101. The molecule has 0 fully saturated rings. The van der Waals surface area contributed by atoms with Crippen molar-refractivity contribution in [1.82, 2.24) is 4.98 Å².